The lowest BCUT2D eigenvalue weighted by molar-refractivity contribution is 0.0947. The van der Waals surface area contributed by atoms with Gasteiger partial charge in [-0.2, -0.15) is 0 Å². The van der Waals surface area contributed by atoms with Crippen LogP contribution in [0.25, 0.3) is 22.2 Å². The fourth-order valence-corrected chi connectivity index (χ4v) is 3.23. The number of rotatable bonds is 5. The molecule has 0 fully saturated rings. The van der Waals surface area contributed by atoms with Gasteiger partial charge < -0.3 is 10.6 Å². The summed E-state index contributed by atoms with van der Waals surface area (Å²) in [6, 6.07) is 20.3. The van der Waals surface area contributed by atoms with Gasteiger partial charge >= 0.3 is 0 Å². The number of nitrogens with zero attached hydrogens (tertiary/aromatic N) is 2. The first-order valence-corrected chi connectivity index (χ1v) is 9.55. The van der Waals surface area contributed by atoms with Gasteiger partial charge in [0.05, 0.1) is 16.8 Å². The van der Waals surface area contributed by atoms with Crippen LogP contribution in [0.5, 0.6) is 0 Å². The van der Waals surface area contributed by atoms with E-state index in [1.807, 2.05) is 54.6 Å². The van der Waals surface area contributed by atoms with Crippen molar-refractivity contribution in [3.8, 4) is 11.3 Å². The third kappa shape index (κ3) is 4.03. The number of benzene rings is 2. The Bertz CT molecular complexity index is 1210. The molecule has 0 aliphatic carbocycles. The van der Waals surface area contributed by atoms with E-state index < -0.39 is 0 Å². The molecule has 2 amide bonds. The van der Waals surface area contributed by atoms with Gasteiger partial charge in [-0.1, -0.05) is 30.3 Å². The number of aromatic nitrogens is 2. The molecule has 30 heavy (non-hydrogen) atoms. The summed E-state index contributed by atoms with van der Waals surface area (Å²) in [5.74, 6) is -0.322. The molecule has 0 aliphatic rings. The molecule has 0 atom stereocenters. The Balaban J connectivity index is 1.60. The Labute approximate surface area is 174 Å². The van der Waals surface area contributed by atoms with E-state index in [-0.39, 0.29) is 11.8 Å². The van der Waals surface area contributed by atoms with Gasteiger partial charge in [-0.3, -0.25) is 14.6 Å². The van der Waals surface area contributed by atoms with E-state index in [1.165, 1.54) is 0 Å². The zero-order valence-corrected chi connectivity index (χ0v) is 16.4. The van der Waals surface area contributed by atoms with Crippen molar-refractivity contribution in [1.82, 2.24) is 20.6 Å². The second-order valence-electron chi connectivity index (χ2n) is 6.77. The van der Waals surface area contributed by atoms with E-state index in [0.717, 1.165) is 27.7 Å². The minimum Gasteiger partial charge on any atom is -0.355 e. The summed E-state index contributed by atoms with van der Waals surface area (Å²) in [7, 11) is 1.59. The van der Waals surface area contributed by atoms with Crippen molar-refractivity contribution in [2.45, 2.75) is 6.54 Å². The van der Waals surface area contributed by atoms with Crippen molar-refractivity contribution in [2.24, 2.45) is 0 Å². The normalized spacial score (nSPS) is 10.6. The fraction of sp³-hybridized carbons (Fsp3) is 0.0833. The maximum atomic E-state index is 13.0. The first-order valence-electron chi connectivity index (χ1n) is 9.55. The number of pyridine rings is 2. The lowest BCUT2D eigenvalue weighted by Crippen LogP contribution is -2.23. The highest BCUT2D eigenvalue weighted by Gasteiger charge is 2.14. The molecule has 0 unspecified atom stereocenters. The Hall–Kier alpha value is -4.06. The van der Waals surface area contributed by atoms with Gasteiger partial charge in [0.2, 0.25) is 0 Å². The van der Waals surface area contributed by atoms with Gasteiger partial charge in [-0.15, -0.1) is 0 Å². The van der Waals surface area contributed by atoms with Crippen molar-refractivity contribution < 1.29 is 9.59 Å². The standard InChI is InChI=1S/C24H20N4O2/c1-25-23(29)18-8-6-16(7-9-18)15-27-24(30)20-14-22(17-10-12-26-13-11-17)28-21-5-3-2-4-19(20)21/h2-14H,15H2,1H3,(H,25,29)(H,27,30). The van der Waals surface area contributed by atoms with E-state index in [9.17, 15) is 9.59 Å². The molecule has 4 rings (SSSR count). The quantitative estimate of drug-likeness (QED) is 0.540. The molecule has 0 radical (unpaired) electrons. The molecule has 2 aromatic heterocycles. The van der Waals surface area contributed by atoms with E-state index in [2.05, 4.69) is 15.6 Å². The second-order valence-corrected chi connectivity index (χ2v) is 6.77. The number of hydrogen-bond donors (Lipinski definition) is 2. The van der Waals surface area contributed by atoms with Crippen LogP contribution in [0, 0.1) is 0 Å². The van der Waals surface area contributed by atoms with Crippen LogP contribution in [0.2, 0.25) is 0 Å². The van der Waals surface area contributed by atoms with Crippen molar-refractivity contribution in [3.05, 3.63) is 95.8 Å². The summed E-state index contributed by atoms with van der Waals surface area (Å²) in [6.45, 7) is 0.355. The number of carbonyl (C=O) groups is 2. The van der Waals surface area contributed by atoms with Crippen molar-refractivity contribution in [1.29, 1.82) is 0 Å². The Kier molecular flexibility index (Phi) is 5.48. The van der Waals surface area contributed by atoms with Crippen LogP contribution in [0.15, 0.2) is 79.1 Å². The minimum atomic E-state index is -0.181. The summed E-state index contributed by atoms with van der Waals surface area (Å²) in [5.41, 5.74) is 4.42. The van der Waals surface area contributed by atoms with Crippen LogP contribution in [0.3, 0.4) is 0 Å². The van der Waals surface area contributed by atoms with Crippen LogP contribution >= 0.6 is 0 Å². The number of hydrogen-bond acceptors (Lipinski definition) is 4. The van der Waals surface area contributed by atoms with Crippen LogP contribution in [-0.4, -0.2) is 28.8 Å². The third-order valence-electron chi connectivity index (χ3n) is 4.83. The van der Waals surface area contributed by atoms with E-state index in [0.29, 0.717) is 17.7 Å². The highest BCUT2D eigenvalue weighted by molar-refractivity contribution is 6.07. The SMILES string of the molecule is CNC(=O)c1ccc(CNC(=O)c2cc(-c3ccncc3)nc3ccccc23)cc1. The predicted octanol–water partition coefficient (Wildman–Crippen LogP) is 3.59. The van der Waals surface area contributed by atoms with Gasteiger partial charge in [0.15, 0.2) is 0 Å². The van der Waals surface area contributed by atoms with Gasteiger partial charge in [-0.05, 0) is 42.0 Å². The number of carbonyl (C=O) groups excluding carboxylic acids is 2. The van der Waals surface area contributed by atoms with E-state index in [1.54, 1.807) is 31.6 Å². The molecule has 148 valence electrons. The number of amides is 2. The lowest BCUT2D eigenvalue weighted by Gasteiger charge is -2.11. The smallest absolute Gasteiger partial charge is 0.252 e. The molecule has 0 bridgehead atoms. The molecule has 2 heterocycles. The molecule has 2 N–H and O–H groups in total. The summed E-state index contributed by atoms with van der Waals surface area (Å²) >= 11 is 0. The molecule has 0 aliphatic heterocycles. The fourth-order valence-electron chi connectivity index (χ4n) is 3.23. The molecular formula is C24H20N4O2. The van der Waals surface area contributed by atoms with Gasteiger partial charge in [0, 0.05) is 42.5 Å². The number of nitrogens with one attached hydrogen (secondary N) is 2. The zero-order valence-electron chi connectivity index (χ0n) is 16.4. The third-order valence-corrected chi connectivity index (χ3v) is 4.83. The topological polar surface area (TPSA) is 84.0 Å². The summed E-state index contributed by atoms with van der Waals surface area (Å²) in [5, 5.41) is 6.35. The average molecular weight is 396 g/mol. The summed E-state index contributed by atoms with van der Waals surface area (Å²) in [4.78, 5) is 33.4. The zero-order chi connectivity index (χ0) is 20.9. The largest absolute Gasteiger partial charge is 0.355 e. The molecular weight excluding hydrogens is 376 g/mol. The van der Waals surface area contributed by atoms with Crippen LogP contribution in [0.1, 0.15) is 26.3 Å². The molecule has 6 nitrogen and oxygen atoms in total. The van der Waals surface area contributed by atoms with E-state index >= 15 is 0 Å². The predicted molar refractivity (Wildman–Crippen MR) is 116 cm³/mol. The van der Waals surface area contributed by atoms with E-state index in [4.69, 9.17) is 4.98 Å². The van der Waals surface area contributed by atoms with Crippen LogP contribution < -0.4 is 10.6 Å². The van der Waals surface area contributed by atoms with Gasteiger partial charge in [0.25, 0.3) is 11.8 Å². The molecule has 4 aromatic rings. The maximum Gasteiger partial charge on any atom is 0.252 e. The molecule has 0 saturated heterocycles. The minimum absolute atomic E-state index is 0.141. The van der Waals surface area contributed by atoms with Crippen molar-refractivity contribution in [3.63, 3.8) is 0 Å². The van der Waals surface area contributed by atoms with Crippen molar-refractivity contribution in [2.75, 3.05) is 7.05 Å². The first kappa shape index (κ1) is 19.3. The Morgan fingerprint density at radius 2 is 1.63 bits per heavy atom. The number of para-hydroxylation sites is 1. The van der Waals surface area contributed by atoms with Crippen molar-refractivity contribution >= 4 is 22.7 Å². The first-order chi connectivity index (χ1) is 14.7. The van der Waals surface area contributed by atoms with Crippen LogP contribution in [0.4, 0.5) is 0 Å². The van der Waals surface area contributed by atoms with Crippen LogP contribution in [-0.2, 0) is 6.54 Å². The molecule has 0 saturated carbocycles. The maximum absolute atomic E-state index is 13.0. The average Bonchev–Trinajstić information content (AvgIpc) is 2.82. The lowest BCUT2D eigenvalue weighted by atomic mass is 10.0. The number of fused-ring (bicyclic) bond motifs is 1. The highest BCUT2D eigenvalue weighted by atomic mass is 16.2. The summed E-state index contributed by atoms with van der Waals surface area (Å²) in [6.07, 6.45) is 3.41. The molecule has 6 heteroatoms. The highest BCUT2D eigenvalue weighted by Crippen LogP contribution is 2.24. The Morgan fingerprint density at radius 1 is 0.900 bits per heavy atom. The Morgan fingerprint density at radius 3 is 2.37 bits per heavy atom. The molecule has 2 aromatic carbocycles. The van der Waals surface area contributed by atoms with Gasteiger partial charge in [-0.25, -0.2) is 4.98 Å². The van der Waals surface area contributed by atoms with Gasteiger partial charge in [0.1, 0.15) is 0 Å². The summed E-state index contributed by atoms with van der Waals surface area (Å²) < 4.78 is 0. The monoisotopic (exact) mass is 396 g/mol. The second kappa shape index (κ2) is 8.53. The molecule has 0 spiro atoms.